The minimum absolute atomic E-state index is 0.111. The largest absolute Gasteiger partial charge is 0.487 e. The Morgan fingerprint density at radius 1 is 1.03 bits per heavy atom. The van der Waals surface area contributed by atoms with E-state index in [0.717, 1.165) is 57.7 Å². The maximum absolute atomic E-state index is 12.8. The van der Waals surface area contributed by atoms with Crippen molar-refractivity contribution >= 4 is 5.91 Å². The van der Waals surface area contributed by atoms with E-state index in [-0.39, 0.29) is 22.6 Å². The van der Waals surface area contributed by atoms with Crippen LogP contribution in [0, 0.1) is 5.41 Å². The number of nitrogens with one attached hydrogen (secondary N) is 1. The van der Waals surface area contributed by atoms with Crippen molar-refractivity contribution < 1.29 is 9.53 Å². The molecule has 6 nitrogen and oxygen atoms in total. The number of ether oxygens (including phenoxy) is 1. The molecule has 4 heterocycles. The first-order valence-corrected chi connectivity index (χ1v) is 11.8. The lowest BCUT2D eigenvalue weighted by atomic mass is 9.71. The van der Waals surface area contributed by atoms with Gasteiger partial charge in [-0.3, -0.25) is 14.5 Å². The predicted molar refractivity (Wildman–Crippen MR) is 124 cm³/mol. The summed E-state index contributed by atoms with van der Waals surface area (Å²) in [7, 11) is 0. The van der Waals surface area contributed by atoms with Gasteiger partial charge in [-0.05, 0) is 75.7 Å². The third kappa shape index (κ3) is 4.08. The Hall–Kier alpha value is -2.60. The predicted octanol–water partition coefficient (Wildman–Crippen LogP) is 3.61. The van der Waals surface area contributed by atoms with E-state index in [0.29, 0.717) is 5.41 Å². The number of carbonyl (C=O) groups is 1. The van der Waals surface area contributed by atoms with Gasteiger partial charge in [0.15, 0.2) is 0 Å². The maximum Gasteiger partial charge on any atom is 0.260 e. The number of nitrogens with zero attached hydrogens (tertiary/aromatic N) is 2. The summed E-state index contributed by atoms with van der Waals surface area (Å²) in [5.41, 5.74) is 2.80. The van der Waals surface area contributed by atoms with E-state index in [1.807, 2.05) is 4.90 Å². The van der Waals surface area contributed by atoms with Crippen LogP contribution in [0.4, 0.5) is 0 Å². The van der Waals surface area contributed by atoms with Crippen LogP contribution in [-0.4, -0.2) is 52.5 Å². The molecule has 2 saturated heterocycles. The number of piperidine rings is 2. The zero-order valence-electron chi connectivity index (χ0n) is 19.2. The van der Waals surface area contributed by atoms with Crippen molar-refractivity contribution in [3.8, 4) is 5.75 Å². The highest BCUT2D eigenvalue weighted by atomic mass is 16.5. The van der Waals surface area contributed by atoms with Crippen molar-refractivity contribution in [3.05, 3.63) is 63.6 Å². The number of amides is 1. The first-order chi connectivity index (χ1) is 15.3. The second-order valence-electron chi connectivity index (χ2n) is 10.4. The molecule has 0 unspecified atom stereocenters. The van der Waals surface area contributed by atoms with Crippen LogP contribution < -0.4 is 10.3 Å². The van der Waals surface area contributed by atoms with Gasteiger partial charge in [0, 0.05) is 37.8 Å². The van der Waals surface area contributed by atoms with E-state index in [1.54, 1.807) is 18.3 Å². The molecule has 0 saturated carbocycles. The number of aromatic nitrogens is 1. The number of benzene rings is 1. The van der Waals surface area contributed by atoms with Gasteiger partial charge < -0.3 is 14.6 Å². The number of pyridine rings is 1. The molecule has 32 heavy (non-hydrogen) atoms. The molecule has 1 amide bonds. The van der Waals surface area contributed by atoms with Crippen LogP contribution in [-0.2, 0) is 13.0 Å². The summed E-state index contributed by atoms with van der Waals surface area (Å²) in [6, 6.07) is 9.89. The molecular weight excluding hydrogens is 402 g/mol. The number of fused-ring (bicyclic) bond motifs is 1. The number of hydrogen-bond acceptors (Lipinski definition) is 4. The number of carbonyl (C=O) groups excluding carboxylic acids is 1. The van der Waals surface area contributed by atoms with E-state index >= 15 is 0 Å². The van der Waals surface area contributed by atoms with Gasteiger partial charge in [0.25, 0.3) is 11.5 Å². The summed E-state index contributed by atoms with van der Waals surface area (Å²) in [5.74, 6) is 0.959. The molecule has 0 bridgehead atoms. The average molecular weight is 436 g/mol. The van der Waals surface area contributed by atoms with Gasteiger partial charge >= 0.3 is 0 Å². The van der Waals surface area contributed by atoms with Crippen molar-refractivity contribution in [1.29, 1.82) is 0 Å². The summed E-state index contributed by atoms with van der Waals surface area (Å²) in [4.78, 5) is 31.8. The van der Waals surface area contributed by atoms with Gasteiger partial charge in [0.1, 0.15) is 16.9 Å². The van der Waals surface area contributed by atoms with E-state index in [1.165, 1.54) is 24.0 Å². The minimum atomic E-state index is -0.300. The molecule has 6 heteroatoms. The van der Waals surface area contributed by atoms with E-state index in [4.69, 9.17) is 4.74 Å². The van der Waals surface area contributed by atoms with Crippen LogP contribution in [0.2, 0.25) is 0 Å². The van der Waals surface area contributed by atoms with Crippen molar-refractivity contribution in [1.82, 2.24) is 14.8 Å². The highest BCUT2D eigenvalue weighted by Gasteiger charge is 2.39. The molecule has 0 atom stereocenters. The normalized spacial score (nSPS) is 21.9. The number of para-hydroxylation sites is 1. The summed E-state index contributed by atoms with van der Waals surface area (Å²) in [6.07, 6.45) is 6.92. The molecule has 1 spiro atoms. The first-order valence-electron chi connectivity index (χ1n) is 11.8. The van der Waals surface area contributed by atoms with Crippen LogP contribution in [0.5, 0.6) is 5.75 Å². The Balaban J connectivity index is 1.17. The first kappa shape index (κ1) is 21.3. The Bertz CT molecular complexity index is 1060. The van der Waals surface area contributed by atoms with Gasteiger partial charge in [-0.25, -0.2) is 0 Å². The topological polar surface area (TPSA) is 65.6 Å². The molecule has 3 aliphatic heterocycles. The Morgan fingerprint density at radius 3 is 2.47 bits per heavy atom. The Labute approximate surface area is 189 Å². The molecule has 170 valence electrons. The van der Waals surface area contributed by atoms with Crippen molar-refractivity contribution in [3.63, 3.8) is 0 Å². The number of H-pyrrole nitrogens is 1. The van der Waals surface area contributed by atoms with E-state index in [2.05, 4.69) is 41.9 Å². The van der Waals surface area contributed by atoms with E-state index in [9.17, 15) is 9.59 Å². The molecule has 3 aliphatic rings. The Morgan fingerprint density at radius 2 is 1.75 bits per heavy atom. The SMILES string of the molecule is CC1(C)Cc2cccc(CN3CCC4(CC3)CCN(C(=O)c3ccc[nH]c3=O)CC4)c2O1. The zero-order chi connectivity index (χ0) is 22.3. The average Bonchev–Trinajstić information content (AvgIpc) is 3.11. The highest BCUT2D eigenvalue weighted by molar-refractivity contribution is 5.93. The highest BCUT2D eigenvalue weighted by Crippen LogP contribution is 2.43. The van der Waals surface area contributed by atoms with Crippen LogP contribution in [0.1, 0.15) is 61.0 Å². The third-order valence-electron chi connectivity index (χ3n) is 7.64. The van der Waals surface area contributed by atoms with Gasteiger partial charge in [0.2, 0.25) is 0 Å². The van der Waals surface area contributed by atoms with Crippen LogP contribution >= 0.6 is 0 Å². The number of rotatable bonds is 3. The zero-order valence-corrected chi connectivity index (χ0v) is 19.2. The molecular formula is C26H33N3O3. The van der Waals surface area contributed by atoms with Crippen LogP contribution in [0.15, 0.2) is 41.3 Å². The van der Waals surface area contributed by atoms with Crippen LogP contribution in [0.3, 0.4) is 0 Å². The molecule has 2 aromatic rings. The monoisotopic (exact) mass is 435 g/mol. The third-order valence-corrected chi connectivity index (χ3v) is 7.64. The van der Waals surface area contributed by atoms with Gasteiger partial charge in [0.05, 0.1) is 0 Å². The molecule has 1 aromatic heterocycles. The number of hydrogen-bond donors (Lipinski definition) is 1. The lowest BCUT2D eigenvalue weighted by Crippen LogP contribution is -2.48. The van der Waals surface area contributed by atoms with Crippen molar-refractivity contribution in [2.75, 3.05) is 26.2 Å². The van der Waals surface area contributed by atoms with Gasteiger partial charge in [-0.1, -0.05) is 18.2 Å². The molecule has 1 N–H and O–H groups in total. The van der Waals surface area contributed by atoms with Gasteiger partial charge in [-0.2, -0.15) is 0 Å². The lowest BCUT2D eigenvalue weighted by Gasteiger charge is -2.47. The summed E-state index contributed by atoms with van der Waals surface area (Å²) >= 11 is 0. The summed E-state index contributed by atoms with van der Waals surface area (Å²) in [6.45, 7) is 8.90. The van der Waals surface area contributed by atoms with Crippen molar-refractivity contribution in [2.24, 2.45) is 5.41 Å². The standard InChI is InChI=1S/C26H33N3O3/c1-25(2)17-19-5-3-6-20(22(19)32-25)18-28-13-8-26(9-14-28)10-15-29(16-11-26)24(31)21-7-4-12-27-23(21)30/h3-7,12H,8-11,13-18H2,1-2H3,(H,27,30). The fourth-order valence-corrected chi connectivity index (χ4v) is 5.67. The molecule has 5 rings (SSSR count). The fraction of sp³-hybridized carbons (Fsp3) is 0.538. The second-order valence-corrected chi connectivity index (χ2v) is 10.4. The molecule has 1 aromatic carbocycles. The van der Waals surface area contributed by atoms with Gasteiger partial charge in [-0.15, -0.1) is 0 Å². The molecule has 2 fully saturated rings. The minimum Gasteiger partial charge on any atom is -0.487 e. The summed E-state index contributed by atoms with van der Waals surface area (Å²) in [5, 5.41) is 0. The van der Waals surface area contributed by atoms with Crippen LogP contribution in [0.25, 0.3) is 0 Å². The van der Waals surface area contributed by atoms with E-state index < -0.39 is 0 Å². The second kappa shape index (κ2) is 8.07. The quantitative estimate of drug-likeness (QED) is 0.800. The Kier molecular flexibility index (Phi) is 5.36. The summed E-state index contributed by atoms with van der Waals surface area (Å²) < 4.78 is 6.27. The smallest absolute Gasteiger partial charge is 0.260 e. The number of likely N-dealkylation sites (tertiary alicyclic amines) is 2. The fourth-order valence-electron chi connectivity index (χ4n) is 5.67. The number of aromatic amines is 1. The van der Waals surface area contributed by atoms with Crippen molar-refractivity contribution in [2.45, 2.75) is 58.1 Å². The maximum atomic E-state index is 12.8. The molecule has 0 radical (unpaired) electrons. The lowest BCUT2D eigenvalue weighted by molar-refractivity contribution is 0.0281. The molecule has 0 aliphatic carbocycles.